The van der Waals surface area contributed by atoms with Gasteiger partial charge in [-0.05, 0) is 56.2 Å². The van der Waals surface area contributed by atoms with E-state index in [1.807, 2.05) is 18.2 Å². The van der Waals surface area contributed by atoms with E-state index in [0.29, 0.717) is 0 Å². The number of benzene rings is 1. The van der Waals surface area contributed by atoms with E-state index >= 15 is 0 Å². The van der Waals surface area contributed by atoms with Crippen molar-refractivity contribution in [3.05, 3.63) is 23.8 Å². The maximum absolute atomic E-state index is 9.61. The normalized spacial score (nSPS) is 15.7. The minimum absolute atomic E-state index is 0.286. The average Bonchev–Trinajstić information content (AvgIpc) is 3.03. The molecule has 1 aromatic rings. The summed E-state index contributed by atoms with van der Waals surface area (Å²) < 4.78 is 11.5. The lowest BCUT2D eigenvalue weighted by atomic mass is 9.77. The quantitative estimate of drug-likeness (QED) is 0.768. The molecule has 0 bridgehead atoms. The van der Waals surface area contributed by atoms with Gasteiger partial charge in [0.2, 0.25) is 0 Å². The summed E-state index contributed by atoms with van der Waals surface area (Å²) in [5, 5.41) is 9.61. The second-order valence-electron chi connectivity index (χ2n) is 5.79. The van der Waals surface area contributed by atoms with Crippen LogP contribution in [0.5, 0.6) is 11.5 Å². The first-order valence-electron chi connectivity index (χ1n) is 7.95. The molecule has 3 nitrogen and oxygen atoms in total. The summed E-state index contributed by atoms with van der Waals surface area (Å²) in [6, 6.07) is 8.42. The zero-order valence-corrected chi connectivity index (χ0v) is 13.3. The van der Waals surface area contributed by atoms with Gasteiger partial charge in [-0.2, -0.15) is 5.26 Å². The van der Waals surface area contributed by atoms with Crippen molar-refractivity contribution in [2.45, 2.75) is 63.9 Å². The summed E-state index contributed by atoms with van der Waals surface area (Å²) in [5.41, 5.74) is 0.601. The van der Waals surface area contributed by atoms with Crippen molar-refractivity contribution >= 4 is 0 Å². The average molecular weight is 287 g/mol. The van der Waals surface area contributed by atoms with Gasteiger partial charge in [-0.15, -0.1) is 0 Å². The lowest BCUT2D eigenvalue weighted by Crippen LogP contribution is -2.22. The first kappa shape index (κ1) is 15.7. The molecule has 114 valence electrons. The molecule has 1 aliphatic carbocycles. The van der Waals surface area contributed by atoms with Gasteiger partial charge < -0.3 is 9.47 Å². The first-order chi connectivity index (χ1) is 10.2. The van der Waals surface area contributed by atoms with Crippen LogP contribution in [-0.4, -0.2) is 13.2 Å². The number of rotatable bonds is 6. The van der Waals surface area contributed by atoms with Crippen molar-refractivity contribution in [3.8, 4) is 17.6 Å². The predicted molar refractivity (Wildman–Crippen MR) is 83.8 cm³/mol. The molecular weight excluding hydrogens is 262 g/mol. The van der Waals surface area contributed by atoms with Crippen LogP contribution < -0.4 is 9.47 Å². The number of ether oxygens (including phenoxy) is 2. The Labute approximate surface area is 127 Å². The van der Waals surface area contributed by atoms with Gasteiger partial charge in [0.05, 0.1) is 24.7 Å². The highest BCUT2D eigenvalue weighted by Gasteiger charge is 2.29. The fourth-order valence-corrected chi connectivity index (χ4v) is 3.13. The topological polar surface area (TPSA) is 42.2 Å². The van der Waals surface area contributed by atoms with Crippen molar-refractivity contribution in [2.75, 3.05) is 7.11 Å². The Balaban J connectivity index is 2.34. The molecule has 0 N–H and O–H groups in total. The van der Waals surface area contributed by atoms with Crippen LogP contribution in [0.25, 0.3) is 0 Å². The summed E-state index contributed by atoms with van der Waals surface area (Å²) in [6.45, 7) is 4.13. The Morgan fingerprint density at radius 3 is 2.38 bits per heavy atom. The Kier molecular flexibility index (Phi) is 5.12. The second-order valence-corrected chi connectivity index (χ2v) is 5.79. The largest absolute Gasteiger partial charge is 0.493 e. The van der Waals surface area contributed by atoms with Gasteiger partial charge >= 0.3 is 0 Å². The molecule has 2 rings (SSSR count). The lowest BCUT2D eigenvalue weighted by Gasteiger charge is -2.25. The third kappa shape index (κ3) is 3.15. The third-order valence-corrected chi connectivity index (χ3v) is 4.73. The molecule has 1 aromatic carbocycles. The smallest absolute Gasteiger partial charge is 0.161 e. The van der Waals surface area contributed by atoms with Crippen LogP contribution in [0.15, 0.2) is 18.2 Å². The summed E-state index contributed by atoms with van der Waals surface area (Å²) >= 11 is 0. The molecule has 3 heteroatoms. The van der Waals surface area contributed by atoms with Crippen LogP contribution in [0, 0.1) is 11.3 Å². The number of hydrogen-bond donors (Lipinski definition) is 0. The Bertz CT molecular complexity index is 508. The van der Waals surface area contributed by atoms with E-state index in [1.54, 1.807) is 7.11 Å². The van der Waals surface area contributed by atoms with Crippen LogP contribution in [0.4, 0.5) is 0 Å². The number of nitrogens with zero attached hydrogens (tertiary/aromatic N) is 1. The molecule has 0 aliphatic heterocycles. The molecule has 0 amide bonds. The molecule has 1 fully saturated rings. The highest BCUT2D eigenvalue weighted by molar-refractivity contribution is 5.47. The zero-order chi connectivity index (χ0) is 15.3. The minimum atomic E-state index is -0.430. The maximum atomic E-state index is 9.61. The van der Waals surface area contributed by atoms with Gasteiger partial charge in [-0.25, -0.2) is 0 Å². The standard InChI is InChI=1S/C18H25NO2/c1-4-18(5-2,13-19)14-10-11-16(20-3)17(12-14)21-15-8-6-7-9-15/h10-12,15H,4-9H2,1-3H3. The molecule has 0 saturated heterocycles. The van der Waals surface area contributed by atoms with Crippen molar-refractivity contribution < 1.29 is 9.47 Å². The van der Waals surface area contributed by atoms with Gasteiger partial charge in [-0.1, -0.05) is 19.9 Å². The highest BCUT2D eigenvalue weighted by atomic mass is 16.5. The molecule has 0 radical (unpaired) electrons. The van der Waals surface area contributed by atoms with E-state index in [4.69, 9.17) is 9.47 Å². The summed E-state index contributed by atoms with van der Waals surface area (Å²) in [5.74, 6) is 1.54. The second kappa shape index (κ2) is 6.85. The molecule has 0 spiro atoms. The Morgan fingerprint density at radius 2 is 1.86 bits per heavy atom. The number of hydrogen-bond acceptors (Lipinski definition) is 3. The van der Waals surface area contributed by atoms with Gasteiger partial charge in [0.1, 0.15) is 0 Å². The molecule has 0 atom stereocenters. The Hall–Kier alpha value is -1.69. The summed E-state index contributed by atoms with van der Waals surface area (Å²) in [7, 11) is 1.66. The van der Waals surface area contributed by atoms with Crippen LogP contribution in [0.2, 0.25) is 0 Å². The van der Waals surface area contributed by atoms with Crippen LogP contribution >= 0.6 is 0 Å². The van der Waals surface area contributed by atoms with Crippen molar-refractivity contribution in [2.24, 2.45) is 0 Å². The van der Waals surface area contributed by atoms with E-state index in [-0.39, 0.29) is 6.10 Å². The molecule has 1 aliphatic rings. The SMILES string of the molecule is CCC(C#N)(CC)c1ccc(OC)c(OC2CCCC2)c1. The first-order valence-corrected chi connectivity index (χ1v) is 7.95. The van der Waals surface area contributed by atoms with Gasteiger partial charge in [-0.3, -0.25) is 0 Å². The van der Waals surface area contributed by atoms with E-state index in [0.717, 1.165) is 42.7 Å². The van der Waals surface area contributed by atoms with Crippen LogP contribution in [0.1, 0.15) is 57.9 Å². The molecule has 21 heavy (non-hydrogen) atoms. The van der Waals surface area contributed by atoms with Crippen LogP contribution in [0.3, 0.4) is 0 Å². The monoisotopic (exact) mass is 287 g/mol. The minimum Gasteiger partial charge on any atom is -0.493 e. The Morgan fingerprint density at radius 1 is 1.19 bits per heavy atom. The van der Waals surface area contributed by atoms with Crippen molar-refractivity contribution in [3.63, 3.8) is 0 Å². The maximum Gasteiger partial charge on any atom is 0.161 e. The fraction of sp³-hybridized carbons (Fsp3) is 0.611. The fourth-order valence-electron chi connectivity index (χ4n) is 3.13. The van der Waals surface area contributed by atoms with Crippen LogP contribution in [-0.2, 0) is 5.41 Å². The number of methoxy groups -OCH3 is 1. The highest BCUT2D eigenvalue weighted by Crippen LogP contribution is 2.38. The van der Waals surface area contributed by atoms with Gasteiger partial charge in [0.25, 0.3) is 0 Å². The lowest BCUT2D eigenvalue weighted by molar-refractivity contribution is 0.200. The van der Waals surface area contributed by atoms with E-state index in [1.165, 1.54) is 12.8 Å². The molecule has 1 saturated carbocycles. The summed E-state index contributed by atoms with van der Waals surface area (Å²) in [6.07, 6.45) is 6.58. The summed E-state index contributed by atoms with van der Waals surface area (Å²) in [4.78, 5) is 0. The predicted octanol–water partition coefficient (Wildman–Crippen LogP) is 4.60. The molecule has 0 heterocycles. The van der Waals surface area contributed by atoms with Crippen molar-refractivity contribution in [1.29, 1.82) is 5.26 Å². The van der Waals surface area contributed by atoms with E-state index in [9.17, 15) is 5.26 Å². The van der Waals surface area contributed by atoms with E-state index < -0.39 is 5.41 Å². The van der Waals surface area contributed by atoms with Gasteiger partial charge in [0.15, 0.2) is 11.5 Å². The third-order valence-electron chi connectivity index (χ3n) is 4.73. The number of nitriles is 1. The molecule has 0 aromatic heterocycles. The van der Waals surface area contributed by atoms with Gasteiger partial charge in [0, 0.05) is 0 Å². The van der Waals surface area contributed by atoms with Crippen molar-refractivity contribution in [1.82, 2.24) is 0 Å². The van der Waals surface area contributed by atoms with E-state index in [2.05, 4.69) is 19.9 Å². The molecule has 0 unspecified atom stereocenters. The zero-order valence-electron chi connectivity index (χ0n) is 13.3. The molecular formula is C18H25NO2.